The molecule has 23 heavy (non-hydrogen) atoms. The molecule has 1 aromatic rings. The molecule has 1 saturated carbocycles. The summed E-state index contributed by atoms with van der Waals surface area (Å²) in [4.78, 5) is 24.5. The average Bonchev–Trinajstić information content (AvgIpc) is 2.54. The van der Waals surface area contributed by atoms with Crippen molar-refractivity contribution in [2.75, 3.05) is 0 Å². The van der Waals surface area contributed by atoms with Crippen molar-refractivity contribution in [3.63, 3.8) is 0 Å². The highest BCUT2D eigenvalue weighted by molar-refractivity contribution is 9.10. The van der Waals surface area contributed by atoms with Gasteiger partial charge in [0, 0.05) is 10.4 Å². The summed E-state index contributed by atoms with van der Waals surface area (Å²) in [5, 5.41) is 0. The molecule has 1 aromatic carbocycles. The summed E-state index contributed by atoms with van der Waals surface area (Å²) < 4.78 is 6.43. The molecule has 6 heteroatoms. The molecule has 0 aromatic heterocycles. The fourth-order valence-corrected chi connectivity index (χ4v) is 3.05. The molecule has 1 fully saturated rings. The lowest BCUT2D eigenvalue weighted by Gasteiger charge is -2.21. The van der Waals surface area contributed by atoms with Gasteiger partial charge in [0.1, 0.15) is 5.75 Å². The van der Waals surface area contributed by atoms with E-state index in [1.54, 1.807) is 12.1 Å². The molecule has 1 aliphatic carbocycles. The first kappa shape index (κ1) is 17.8. The maximum Gasteiger partial charge on any atom is 0.273 e. The van der Waals surface area contributed by atoms with Gasteiger partial charge in [0.15, 0.2) is 0 Å². The first-order valence-electron chi connectivity index (χ1n) is 8.03. The van der Waals surface area contributed by atoms with E-state index in [-0.39, 0.29) is 23.8 Å². The van der Waals surface area contributed by atoms with Crippen LogP contribution in [0.25, 0.3) is 0 Å². The topological polar surface area (TPSA) is 67.4 Å². The monoisotopic (exact) mass is 382 g/mol. The molecule has 2 amide bonds. The number of halogens is 1. The largest absolute Gasteiger partial charge is 0.490 e. The van der Waals surface area contributed by atoms with E-state index in [1.165, 1.54) is 6.42 Å². The van der Waals surface area contributed by atoms with Gasteiger partial charge in [-0.2, -0.15) is 0 Å². The summed E-state index contributed by atoms with van der Waals surface area (Å²) >= 11 is 3.35. The van der Waals surface area contributed by atoms with E-state index >= 15 is 0 Å². The zero-order chi connectivity index (χ0) is 16.8. The van der Waals surface area contributed by atoms with E-state index < -0.39 is 0 Å². The minimum Gasteiger partial charge on any atom is -0.490 e. The van der Waals surface area contributed by atoms with Crippen LogP contribution in [0.15, 0.2) is 22.7 Å². The summed E-state index contributed by atoms with van der Waals surface area (Å²) in [5.74, 6) is -0.00366. The van der Waals surface area contributed by atoms with Crippen LogP contribution in [0, 0.1) is 5.92 Å². The van der Waals surface area contributed by atoms with Crippen LogP contribution in [-0.4, -0.2) is 17.9 Å². The molecule has 0 unspecified atom stereocenters. The van der Waals surface area contributed by atoms with Crippen LogP contribution < -0.4 is 15.6 Å². The fraction of sp³-hybridized carbons (Fsp3) is 0.529. The van der Waals surface area contributed by atoms with Crippen LogP contribution in [0.5, 0.6) is 5.75 Å². The van der Waals surface area contributed by atoms with Crippen molar-refractivity contribution < 1.29 is 14.3 Å². The van der Waals surface area contributed by atoms with Gasteiger partial charge in [-0.15, -0.1) is 0 Å². The molecule has 5 nitrogen and oxygen atoms in total. The smallest absolute Gasteiger partial charge is 0.273 e. The zero-order valence-electron chi connectivity index (χ0n) is 13.5. The van der Waals surface area contributed by atoms with E-state index in [4.69, 9.17) is 4.74 Å². The standard InChI is InChI=1S/C17H23BrN2O3/c1-11(2)23-15-9-8-13(18)10-14(15)17(22)20-19-16(21)12-6-4-3-5-7-12/h8-12H,3-7H2,1-2H3,(H,19,21)(H,20,22). The van der Waals surface area contributed by atoms with Crippen LogP contribution in [0.1, 0.15) is 56.3 Å². The Morgan fingerprint density at radius 2 is 1.87 bits per heavy atom. The van der Waals surface area contributed by atoms with Crippen molar-refractivity contribution in [3.05, 3.63) is 28.2 Å². The molecule has 0 spiro atoms. The molecule has 126 valence electrons. The highest BCUT2D eigenvalue weighted by Crippen LogP contribution is 2.25. The number of carbonyl (C=O) groups is 2. The van der Waals surface area contributed by atoms with E-state index in [0.29, 0.717) is 11.3 Å². The molecular formula is C17H23BrN2O3. The summed E-state index contributed by atoms with van der Waals surface area (Å²) in [5.41, 5.74) is 5.43. The lowest BCUT2D eigenvalue weighted by molar-refractivity contribution is -0.126. The molecule has 0 heterocycles. The lowest BCUT2D eigenvalue weighted by Crippen LogP contribution is -2.45. The van der Waals surface area contributed by atoms with Gasteiger partial charge in [0.25, 0.3) is 5.91 Å². The number of rotatable bonds is 4. The van der Waals surface area contributed by atoms with Crippen molar-refractivity contribution in [1.29, 1.82) is 0 Å². The quantitative estimate of drug-likeness (QED) is 0.781. The third-order valence-corrected chi connectivity index (χ3v) is 4.32. The SMILES string of the molecule is CC(C)Oc1ccc(Br)cc1C(=O)NNC(=O)C1CCCCC1. The van der Waals surface area contributed by atoms with Gasteiger partial charge in [-0.3, -0.25) is 20.4 Å². The maximum atomic E-state index is 12.4. The summed E-state index contributed by atoms with van der Waals surface area (Å²) in [6.07, 6.45) is 5.07. The molecule has 1 aliphatic rings. The molecule has 0 radical (unpaired) electrons. The average molecular weight is 383 g/mol. The lowest BCUT2D eigenvalue weighted by atomic mass is 9.89. The Morgan fingerprint density at radius 3 is 2.52 bits per heavy atom. The number of ether oxygens (including phenoxy) is 1. The predicted molar refractivity (Wildman–Crippen MR) is 92.1 cm³/mol. The first-order valence-corrected chi connectivity index (χ1v) is 8.83. The van der Waals surface area contributed by atoms with Crippen LogP contribution >= 0.6 is 15.9 Å². The molecule has 0 saturated heterocycles. The Kier molecular flexibility index (Phi) is 6.45. The highest BCUT2D eigenvalue weighted by Gasteiger charge is 2.22. The fourth-order valence-electron chi connectivity index (χ4n) is 2.69. The van der Waals surface area contributed by atoms with Crippen LogP contribution in [0.2, 0.25) is 0 Å². The van der Waals surface area contributed by atoms with Crippen molar-refractivity contribution in [1.82, 2.24) is 10.9 Å². The molecule has 2 rings (SSSR count). The number of carbonyl (C=O) groups excluding carboxylic acids is 2. The van der Waals surface area contributed by atoms with Crippen LogP contribution in [0.3, 0.4) is 0 Å². The Labute approximate surface area is 145 Å². The predicted octanol–water partition coefficient (Wildman–Crippen LogP) is 3.58. The van der Waals surface area contributed by atoms with Crippen molar-refractivity contribution in [3.8, 4) is 5.75 Å². The highest BCUT2D eigenvalue weighted by atomic mass is 79.9. The molecule has 0 atom stereocenters. The van der Waals surface area contributed by atoms with Crippen molar-refractivity contribution in [2.45, 2.75) is 52.1 Å². The first-order chi connectivity index (χ1) is 11.0. The minimum atomic E-state index is -0.383. The Balaban J connectivity index is 1.99. The Hall–Kier alpha value is -1.56. The van der Waals surface area contributed by atoms with Gasteiger partial charge in [-0.1, -0.05) is 35.2 Å². The molecule has 0 bridgehead atoms. The zero-order valence-corrected chi connectivity index (χ0v) is 15.1. The number of hydrazine groups is 1. The third kappa shape index (κ3) is 5.23. The Bertz CT molecular complexity index is 569. The van der Waals surface area contributed by atoms with Gasteiger partial charge in [-0.25, -0.2) is 0 Å². The number of nitrogens with one attached hydrogen (secondary N) is 2. The second kappa shape index (κ2) is 8.34. The van der Waals surface area contributed by atoms with Crippen LogP contribution in [0.4, 0.5) is 0 Å². The number of hydrogen-bond acceptors (Lipinski definition) is 3. The second-order valence-electron chi connectivity index (χ2n) is 6.09. The minimum absolute atomic E-state index is 0.00190. The molecular weight excluding hydrogens is 360 g/mol. The second-order valence-corrected chi connectivity index (χ2v) is 7.00. The number of benzene rings is 1. The van der Waals surface area contributed by atoms with E-state index in [1.807, 2.05) is 19.9 Å². The van der Waals surface area contributed by atoms with Crippen molar-refractivity contribution >= 4 is 27.7 Å². The summed E-state index contributed by atoms with van der Waals surface area (Å²) in [7, 11) is 0. The molecule has 0 aliphatic heterocycles. The van der Waals surface area contributed by atoms with E-state index in [0.717, 1.165) is 30.2 Å². The van der Waals surface area contributed by atoms with E-state index in [2.05, 4.69) is 26.8 Å². The van der Waals surface area contributed by atoms with Gasteiger partial charge in [-0.05, 0) is 44.9 Å². The van der Waals surface area contributed by atoms with Crippen molar-refractivity contribution in [2.24, 2.45) is 5.92 Å². The van der Waals surface area contributed by atoms with E-state index in [9.17, 15) is 9.59 Å². The third-order valence-electron chi connectivity index (χ3n) is 3.82. The van der Waals surface area contributed by atoms with Gasteiger partial charge < -0.3 is 4.74 Å². The normalized spacial score (nSPS) is 15.3. The van der Waals surface area contributed by atoms with Gasteiger partial charge in [0.05, 0.1) is 11.7 Å². The van der Waals surface area contributed by atoms with Crippen LogP contribution in [-0.2, 0) is 4.79 Å². The Morgan fingerprint density at radius 1 is 1.17 bits per heavy atom. The van der Waals surface area contributed by atoms with Gasteiger partial charge in [0.2, 0.25) is 5.91 Å². The number of amides is 2. The summed E-state index contributed by atoms with van der Waals surface area (Å²) in [6, 6.07) is 5.23. The maximum absolute atomic E-state index is 12.4. The van der Waals surface area contributed by atoms with Gasteiger partial charge >= 0.3 is 0 Å². The molecule has 2 N–H and O–H groups in total. The summed E-state index contributed by atoms with van der Waals surface area (Å²) in [6.45, 7) is 3.79. The number of hydrogen-bond donors (Lipinski definition) is 2.